The number of rotatable bonds is 5. The predicted octanol–water partition coefficient (Wildman–Crippen LogP) is -0.492. The third-order valence-corrected chi connectivity index (χ3v) is 3.65. The van der Waals surface area contributed by atoms with Crippen LogP contribution in [0.5, 0.6) is 0 Å². The van der Waals surface area contributed by atoms with Crippen molar-refractivity contribution in [2.45, 2.75) is 25.6 Å². The molecule has 7 heteroatoms. The highest BCUT2D eigenvalue weighted by Gasteiger charge is 2.29. The monoisotopic (exact) mass is 280 g/mol. The molecule has 0 spiro atoms. The van der Waals surface area contributed by atoms with Gasteiger partial charge in [-0.1, -0.05) is 0 Å². The van der Waals surface area contributed by atoms with Gasteiger partial charge in [-0.25, -0.2) is 0 Å². The van der Waals surface area contributed by atoms with E-state index in [1.165, 1.54) is 0 Å². The standard InChI is InChI=1S/C13H20N4O3/c1-10-8-16(3-2-13(19)20)4-5-17(10)12-7-14-11(9-18)6-15-12/h6-7,9-10,12,15H,2-5,8H2,1H3,(H,19,20). The molecule has 2 atom stereocenters. The molecule has 0 saturated carbocycles. The molecular formula is C13H20N4O3. The molecule has 2 heterocycles. The van der Waals surface area contributed by atoms with Gasteiger partial charge in [0.1, 0.15) is 11.9 Å². The summed E-state index contributed by atoms with van der Waals surface area (Å²) in [6, 6.07) is 0.299. The van der Waals surface area contributed by atoms with Crippen LogP contribution in [0.25, 0.3) is 0 Å². The Balaban J connectivity index is 1.85. The summed E-state index contributed by atoms with van der Waals surface area (Å²) < 4.78 is 0. The number of aliphatic carboxylic acids is 1. The predicted molar refractivity (Wildman–Crippen MR) is 74.4 cm³/mol. The molecule has 0 amide bonds. The van der Waals surface area contributed by atoms with Gasteiger partial charge in [0.2, 0.25) is 0 Å². The number of piperazine rings is 1. The molecule has 7 nitrogen and oxygen atoms in total. The molecule has 0 aliphatic carbocycles. The van der Waals surface area contributed by atoms with Crippen molar-refractivity contribution < 1.29 is 14.7 Å². The molecular weight excluding hydrogens is 260 g/mol. The van der Waals surface area contributed by atoms with Gasteiger partial charge in [0, 0.05) is 44.6 Å². The Morgan fingerprint density at radius 3 is 2.95 bits per heavy atom. The maximum atomic E-state index is 10.6. The number of carbonyl (C=O) groups excluding carboxylic acids is 1. The number of hydrogen-bond acceptors (Lipinski definition) is 6. The summed E-state index contributed by atoms with van der Waals surface area (Å²) in [5.41, 5.74) is 0.397. The number of aldehydes is 1. The Labute approximate surface area is 117 Å². The molecule has 110 valence electrons. The lowest BCUT2D eigenvalue weighted by atomic mass is 10.1. The van der Waals surface area contributed by atoms with Crippen LogP contribution in [0, 0.1) is 0 Å². The maximum Gasteiger partial charge on any atom is 0.304 e. The van der Waals surface area contributed by atoms with Crippen molar-refractivity contribution in [3.05, 3.63) is 11.9 Å². The Kier molecular flexibility index (Phi) is 4.86. The van der Waals surface area contributed by atoms with Gasteiger partial charge in [-0.2, -0.15) is 0 Å². The van der Waals surface area contributed by atoms with Gasteiger partial charge in [-0.15, -0.1) is 0 Å². The quantitative estimate of drug-likeness (QED) is 0.661. The first-order valence-corrected chi connectivity index (χ1v) is 6.75. The average Bonchev–Trinajstić information content (AvgIpc) is 2.45. The van der Waals surface area contributed by atoms with Gasteiger partial charge >= 0.3 is 5.97 Å². The maximum absolute atomic E-state index is 10.6. The molecule has 2 N–H and O–H groups in total. The molecule has 2 rings (SSSR count). The van der Waals surface area contributed by atoms with E-state index in [1.807, 2.05) is 0 Å². The summed E-state index contributed by atoms with van der Waals surface area (Å²) in [6.07, 6.45) is 4.26. The largest absolute Gasteiger partial charge is 0.481 e. The Morgan fingerprint density at radius 2 is 2.40 bits per heavy atom. The molecule has 2 aliphatic heterocycles. The third-order valence-electron chi connectivity index (χ3n) is 3.65. The Morgan fingerprint density at radius 1 is 1.60 bits per heavy atom. The second-order valence-corrected chi connectivity index (χ2v) is 5.11. The number of carboxylic acid groups (broad SMARTS) is 1. The molecule has 0 bridgehead atoms. The SMILES string of the molecule is CC1CN(CCC(=O)O)CCN1C1C=NC(C=O)=CN1. The highest BCUT2D eigenvalue weighted by atomic mass is 16.4. The van der Waals surface area contributed by atoms with Crippen molar-refractivity contribution in [1.29, 1.82) is 0 Å². The third kappa shape index (κ3) is 3.64. The lowest BCUT2D eigenvalue weighted by molar-refractivity contribution is -0.137. The van der Waals surface area contributed by atoms with E-state index in [4.69, 9.17) is 5.11 Å². The van der Waals surface area contributed by atoms with Gasteiger partial charge < -0.3 is 10.4 Å². The van der Waals surface area contributed by atoms with Crippen molar-refractivity contribution in [1.82, 2.24) is 15.1 Å². The van der Waals surface area contributed by atoms with Gasteiger partial charge in [-0.3, -0.25) is 24.4 Å². The van der Waals surface area contributed by atoms with E-state index in [-0.39, 0.29) is 12.6 Å². The first kappa shape index (κ1) is 14.7. The fourth-order valence-corrected chi connectivity index (χ4v) is 2.57. The number of nitrogens with zero attached hydrogens (tertiary/aromatic N) is 3. The van der Waals surface area contributed by atoms with Crippen LogP contribution in [0.4, 0.5) is 0 Å². The molecule has 2 aliphatic rings. The van der Waals surface area contributed by atoms with E-state index < -0.39 is 5.97 Å². The van der Waals surface area contributed by atoms with E-state index >= 15 is 0 Å². The van der Waals surface area contributed by atoms with Crippen molar-refractivity contribution in [3.8, 4) is 0 Å². The van der Waals surface area contributed by atoms with Crippen LogP contribution in [0.1, 0.15) is 13.3 Å². The molecule has 0 aromatic heterocycles. The number of hydrogen-bond donors (Lipinski definition) is 2. The van der Waals surface area contributed by atoms with Gasteiger partial charge in [0.25, 0.3) is 0 Å². The van der Waals surface area contributed by atoms with E-state index in [2.05, 4.69) is 27.0 Å². The average molecular weight is 280 g/mol. The van der Waals surface area contributed by atoms with Crippen molar-refractivity contribution >= 4 is 18.5 Å². The van der Waals surface area contributed by atoms with E-state index in [0.717, 1.165) is 19.6 Å². The molecule has 0 aromatic carbocycles. The van der Waals surface area contributed by atoms with Crippen LogP contribution in [-0.2, 0) is 9.59 Å². The molecule has 0 radical (unpaired) electrons. The van der Waals surface area contributed by atoms with Crippen molar-refractivity contribution in [2.75, 3.05) is 26.2 Å². The number of carbonyl (C=O) groups is 2. The number of carboxylic acids is 1. The summed E-state index contributed by atoms with van der Waals surface area (Å²) in [6.45, 7) is 5.22. The highest BCUT2D eigenvalue weighted by Crippen LogP contribution is 2.13. The van der Waals surface area contributed by atoms with E-state index in [0.29, 0.717) is 24.6 Å². The van der Waals surface area contributed by atoms with Crippen molar-refractivity contribution in [3.63, 3.8) is 0 Å². The van der Waals surface area contributed by atoms with Crippen LogP contribution in [0.15, 0.2) is 16.9 Å². The second-order valence-electron chi connectivity index (χ2n) is 5.11. The minimum absolute atomic E-state index is 0.00433. The Hall–Kier alpha value is -1.73. The first-order chi connectivity index (χ1) is 9.60. The van der Waals surface area contributed by atoms with Crippen LogP contribution in [0.2, 0.25) is 0 Å². The summed E-state index contributed by atoms with van der Waals surface area (Å²) in [5.74, 6) is -0.757. The number of allylic oxidation sites excluding steroid dienone is 1. The smallest absolute Gasteiger partial charge is 0.304 e. The first-order valence-electron chi connectivity index (χ1n) is 6.75. The summed E-state index contributed by atoms with van der Waals surface area (Å²) >= 11 is 0. The molecule has 2 unspecified atom stereocenters. The van der Waals surface area contributed by atoms with Crippen molar-refractivity contribution in [2.24, 2.45) is 4.99 Å². The van der Waals surface area contributed by atoms with Gasteiger partial charge in [0.15, 0.2) is 6.29 Å². The van der Waals surface area contributed by atoms with E-state index in [1.54, 1.807) is 12.4 Å². The van der Waals surface area contributed by atoms with Crippen LogP contribution >= 0.6 is 0 Å². The zero-order valence-electron chi connectivity index (χ0n) is 11.5. The van der Waals surface area contributed by atoms with Gasteiger partial charge in [0.05, 0.1) is 6.42 Å². The fraction of sp³-hybridized carbons (Fsp3) is 0.615. The minimum atomic E-state index is -0.757. The topological polar surface area (TPSA) is 85.2 Å². The summed E-state index contributed by atoms with van der Waals surface area (Å²) in [7, 11) is 0. The molecule has 20 heavy (non-hydrogen) atoms. The zero-order valence-corrected chi connectivity index (χ0v) is 11.5. The Bertz CT molecular complexity index is 435. The summed E-state index contributed by atoms with van der Waals surface area (Å²) in [4.78, 5) is 29.7. The lowest BCUT2D eigenvalue weighted by Gasteiger charge is -2.43. The molecule has 1 fully saturated rings. The second kappa shape index (κ2) is 6.62. The molecule has 0 aromatic rings. The highest BCUT2D eigenvalue weighted by molar-refractivity contribution is 5.79. The normalized spacial score (nSPS) is 27.8. The van der Waals surface area contributed by atoms with Crippen LogP contribution in [0.3, 0.4) is 0 Å². The van der Waals surface area contributed by atoms with Crippen LogP contribution < -0.4 is 5.32 Å². The number of aliphatic imine (C=N–C) groups is 1. The lowest BCUT2D eigenvalue weighted by Crippen LogP contribution is -2.59. The van der Waals surface area contributed by atoms with Crippen LogP contribution in [-0.4, -0.2) is 71.8 Å². The number of nitrogens with one attached hydrogen (secondary N) is 1. The van der Waals surface area contributed by atoms with E-state index in [9.17, 15) is 9.59 Å². The molecule has 1 saturated heterocycles. The summed E-state index contributed by atoms with van der Waals surface area (Å²) in [5, 5.41) is 11.9. The minimum Gasteiger partial charge on any atom is -0.481 e. The zero-order chi connectivity index (χ0) is 14.5. The van der Waals surface area contributed by atoms with Gasteiger partial charge in [-0.05, 0) is 6.92 Å². The fourth-order valence-electron chi connectivity index (χ4n) is 2.57.